The Balaban J connectivity index is 2.59. The van der Waals surface area contributed by atoms with Crippen molar-refractivity contribution in [3.05, 3.63) is 35.9 Å². The molecule has 0 fully saturated rings. The number of carbonyl (C=O) groups is 1. The molecule has 0 amide bonds. The van der Waals surface area contributed by atoms with E-state index in [1.54, 1.807) is 0 Å². The van der Waals surface area contributed by atoms with Gasteiger partial charge in [-0.25, -0.2) is 0 Å². The van der Waals surface area contributed by atoms with Gasteiger partial charge in [0.1, 0.15) is 6.04 Å². The lowest BCUT2D eigenvalue weighted by Gasteiger charge is -2.14. The SMILES string of the molecule is C[C@H](C[C@H](N)C(=O)O)c1ccccc1. The molecular weight excluding hydrogens is 178 g/mol. The second-order valence-electron chi connectivity index (χ2n) is 3.49. The summed E-state index contributed by atoms with van der Waals surface area (Å²) in [4.78, 5) is 10.5. The standard InChI is InChI=1S/C11H15NO2/c1-8(7-10(12)11(13)14)9-5-3-2-4-6-9/h2-6,8,10H,7,12H2,1H3,(H,13,14)/t8-,10+/m1/s1. The van der Waals surface area contributed by atoms with Crippen LogP contribution in [0.5, 0.6) is 0 Å². The topological polar surface area (TPSA) is 63.3 Å². The lowest BCUT2D eigenvalue weighted by molar-refractivity contribution is -0.138. The van der Waals surface area contributed by atoms with Crippen LogP contribution in [0.25, 0.3) is 0 Å². The molecule has 0 radical (unpaired) electrons. The van der Waals surface area contributed by atoms with Gasteiger partial charge < -0.3 is 10.8 Å². The van der Waals surface area contributed by atoms with Gasteiger partial charge in [0, 0.05) is 0 Å². The van der Waals surface area contributed by atoms with E-state index in [2.05, 4.69) is 0 Å². The Morgan fingerprint density at radius 1 is 1.43 bits per heavy atom. The molecule has 3 heteroatoms. The second kappa shape index (κ2) is 4.77. The van der Waals surface area contributed by atoms with Gasteiger partial charge in [-0.3, -0.25) is 4.79 Å². The van der Waals surface area contributed by atoms with Crippen LogP contribution in [0.1, 0.15) is 24.8 Å². The number of carboxylic acid groups (broad SMARTS) is 1. The van der Waals surface area contributed by atoms with Gasteiger partial charge in [0.25, 0.3) is 0 Å². The van der Waals surface area contributed by atoms with Crippen molar-refractivity contribution in [2.24, 2.45) is 5.73 Å². The number of aliphatic carboxylic acids is 1. The van der Waals surface area contributed by atoms with Gasteiger partial charge in [0.2, 0.25) is 0 Å². The molecule has 0 saturated heterocycles. The smallest absolute Gasteiger partial charge is 0.320 e. The maximum atomic E-state index is 10.5. The molecular formula is C11H15NO2. The first-order valence-electron chi connectivity index (χ1n) is 4.64. The van der Waals surface area contributed by atoms with E-state index in [4.69, 9.17) is 10.8 Å². The Kier molecular flexibility index (Phi) is 3.65. The van der Waals surface area contributed by atoms with Crippen LogP contribution >= 0.6 is 0 Å². The first kappa shape index (κ1) is 10.7. The molecule has 0 heterocycles. The average molecular weight is 193 g/mol. The van der Waals surface area contributed by atoms with Crippen molar-refractivity contribution < 1.29 is 9.90 Å². The number of hydrogen-bond donors (Lipinski definition) is 2. The van der Waals surface area contributed by atoms with Crippen molar-refractivity contribution in [2.75, 3.05) is 0 Å². The molecule has 0 unspecified atom stereocenters. The Bertz CT molecular complexity index is 297. The molecule has 1 aromatic rings. The molecule has 0 aliphatic carbocycles. The fourth-order valence-corrected chi connectivity index (χ4v) is 1.40. The maximum absolute atomic E-state index is 10.5. The van der Waals surface area contributed by atoms with E-state index in [0.717, 1.165) is 5.56 Å². The monoisotopic (exact) mass is 193 g/mol. The Hall–Kier alpha value is -1.35. The molecule has 1 rings (SSSR count). The molecule has 0 aliphatic heterocycles. The largest absolute Gasteiger partial charge is 0.480 e. The summed E-state index contributed by atoms with van der Waals surface area (Å²) >= 11 is 0. The minimum absolute atomic E-state index is 0.183. The van der Waals surface area contributed by atoms with Gasteiger partial charge in [0.15, 0.2) is 0 Å². The maximum Gasteiger partial charge on any atom is 0.320 e. The van der Waals surface area contributed by atoms with Crippen LogP contribution in [0.3, 0.4) is 0 Å². The van der Waals surface area contributed by atoms with Crippen LogP contribution in [0.4, 0.5) is 0 Å². The van der Waals surface area contributed by atoms with Gasteiger partial charge >= 0.3 is 5.97 Å². The third-order valence-electron chi connectivity index (χ3n) is 2.29. The molecule has 0 bridgehead atoms. The van der Waals surface area contributed by atoms with E-state index in [1.165, 1.54) is 0 Å². The van der Waals surface area contributed by atoms with E-state index in [-0.39, 0.29) is 5.92 Å². The predicted molar refractivity (Wildman–Crippen MR) is 55.1 cm³/mol. The van der Waals surface area contributed by atoms with Gasteiger partial charge in [0.05, 0.1) is 0 Å². The van der Waals surface area contributed by atoms with Crippen LogP contribution < -0.4 is 5.73 Å². The van der Waals surface area contributed by atoms with E-state index in [1.807, 2.05) is 37.3 Å². The molecule has 0 spiro atoms. The van der Waals surface area contributed by atoms with E-state index < -0.39 is 12.0 Å². The summed E-state index contributed by atoms with van der Waals surface area (Å²) in [6.07, 6.45) is 0.472. The summed E-state index contributed by atoms with van der Waals surface area (Å²) in [5.41, 5.74) is 6.58. The highest BCUT2D eigenvalue weighted by atomic mass is 16.4. The summed E-state index contributed by atoms with van der Waals surface area (Å²) in [6, 6.07) is 9.02. The molecule has 3 N–H and O–H groups in total. The Labute approximate surface area is 83.6 Å². The van der Waals surface area contributed by atoms with Gasteiger partial charge in [-0.1, -0.05) is 37.3 Å². The normalized spacial score (nSPS) is 14.7. The van der Waals surface area contributed by atoms with E-state index in [9.17, 15) is 4.79 Å². The predicted octanol–water partition coefficient (Wildman–Crippen LogP) is 1.59. The fourth-order valence-electron chi connectivity index (χ4n) is 1.40. The number of benzene rings is 1. The zero-order chi connectivity index (χ0) is 10.6. The van der Waals surface area contributed by atoms with Crippen LogP contribution in [0, 0.1) is 0 Å². The number of nitrogens with two attached hydrogens (primary N) is 1. The third kappa shape index (κ3) is 2.85. The highest BCUT2D eigenvalue weighted by Crippen LogP contribution is 2.19. The lowest BCUT2D eigenvalue weighted by Crippen LogP contribution is -2.31. The quantitative estimate of drug-likeness (QED) is 0.763. The number of hydrogen-bond acceptors (Lipinski definition) is 2. The van der Waals surface area contributed by atoms with Crippen LogP contribution in [0.15, 0.2) is 30.3 Å². The highest BCUT2D eigenvalue weighted by molar-refractivity contribution is 5.73. The zero-order valence-corrected chi connectivity index (χ0v) is 8.18. The summed E-state index contributed by atoms with van der Waals surface area (Å²) in [5.74, 6) is -0.755. The molecule has 2 atom stereocenters. The van der Waals surface area contributed by atoms with Crippen LogP contribution in [0.2, 0.25) is 0 Å². The molecule has 76 valence electrons. The summed E-state index contributed by atoms with van der Waals surface area (Å²) in [5, 5.41) is 8.65. The van der Waals surface area contributed by atoms with Gasteiger partial charge in [-0.2, -0.15) is 0 Å². The Morgan fingerprint density at radius 2 is 2.00 bits per heavy atom. The average Bonchev–Trinajstić information content (AvgIpc) is 2.19. The molecule has 3 nitrogen and oxygen atoms in total. The van der Waals surface area contributed by atoms with Crippen molar-refractivity contribution in [1.82, 2.24) is 0 Å². The first-order valence-corrected chi connectivity index (χ1v) is 4.64. The molecule has 0 aromatic heterocycles. The van der Waals surface area contributed by atoms with E-state index >= 15 is 0 Å². The Morgan fingerprint density at radius 3 is 2.50 bits per heavy atom. The molecule has 14 heavy (non-hydrogen) atoms. The zero-order valence-electron chi connectivity index (χ0n) is 8.18. The minimum Gasteiger partial charge on any atom is -0.480 e. The number of carboxylic acids is 1. The lowest BCUT2D eigenvalue weighted by atomic mass is 9.94. The number of rotatable bonds is 4. The molecule has 0 saturated carbocycles. The minimum atomic E-state index is -0.937. The molecule has 1 aromatic carbocycles. The fraction of sp³-hybridized carbons (Fsp3) is 0.364. The summed E-state index contributed by atoms with van der Waals surface area (Å²) in [7, 11) is 0. The van der Waals surface area contributed by atoms with Crippen LogP contribution in [-0.4, -0.2) is 17.1 Å². The molecule has 0 aliphatic rings. The van der Waals surface area contributed by atoms with Crippen LogP contribution in [-0.2, 0) is 4.79 Å². The second-order valence-corrected chi connectivity index (χ2v) is 3.49. The van der Waals surface area contributed by atoms with Gasteiger partial charge in [-0.15, -0.1) is 0 Å². The first-order chi connectivity index (χ1) is 6.61. The third-order valence-corrected chi connectivity index (χ3v) is 2.29. The van der Waals surface area contributed by atoms with Crippen molar-refractivity contribution >= 4 is 5.97 Å². The summed E-state index contributed by atoms with van der Waals surface area (Å²) < 4.78 is 0. The summed E-state index contributed by atoms with van der Waals surface area (Å²) in [6.45, 7) is 1.98. The van der Waals surface area contributed by atoms with Crippen molar-refractivity contribution in [3.63, 3.8) is 0 Å². The van der Waals surface area contributed by atoms with Crippen molar-refractivity contribution in [3.8, 4) is 0 Å². The van der Waals surface area contributed by atoms with E-state index in [0.29, 0.717) is 6.42 Å². The van der Waals surface area contributed by atoms with Crippen molar-refractivity contribution in [2.45, 2.75) is 25.3 Å². The highest BCUT2D eigenvalue weighted by Gasteiger charge is 2.16. The van der Waals surface area contributed by atoms with Gasteiger partial charge in [-0.05, 0) is 17.9 Å². The van der Waals surface area contributed by atoms with Crippen molar-refractivity contribution in [1.29, 1.82) is 0 Å².